The number of Topliss-reactive ketones (excluding diaryl/α,β-unsaturated/α-hetero) is 1. The summed E-state index contributed by atoms with van der Waals surface area (Å²) in [6.45, 7) is 6.87. The Morgan fingerprint density at radius 1 is 1.21 bits per heavy atom. The molecule has 0 aromatic heterocycles. The summed E-state index contributed by atoms with van der Waals surface area (Å²) in [7, 11) is 0. The van der Waals surface area contributed by atoms with Crippen molar-refractivity contribution < 1.29 is 9.90 Å². The molecule has 1 N–H and O–H groups in total. The quantitative estimate of drug-likeness (QED) is 0.731. The monoisotopic (exact) mass is 330 g/mol. The van der Waals surface area contributed by atoms with Crippen molar-refractivity contribution in [2.24, 2.45) is 35.0 Å². The van der Waals surface area contributed by atoms with Gasteiger partial charge in [0.25, 0.3) is 0 Å². The lowest BCUT2D eigenvalue weighted by Gasteiger charge is -2.56. The molecule has 4 rings (SSSR count). The summed E-state index contributed by atoms with van der Waals surface area (Å²) < 4.78 is 0. The molecule has 2 nitrogen and oxygen atoms in total. The number of ketones is 1. The molecule has 24 heavy (non-hydrogen) atoms. The van der Waals surface area contributed by atoms with Crippen LogP contribution in [-0.2, 0) is 4.79 Å². The van der Waals surface area contributed by atoms with Crippen LogP contribution in [0.15, 0.2) is 11.1 Å². The van der Waals surface area contributed by atoms with E-state index in [9.17, 15) is 9.90 Å². The third kappa shape index (κ3) is 2.35. The lowest BCUT2D eigenvalue weighted by Crippen LogP contribution is -2.49. The summed E-state index contributed by atoms with van der Waals surface area (Å²) in [5, 5.41) is 10.4. The lowest BCUT2D eigenvalue weighted by molar-refractivity contribution is -0.119. The molecule has 4 aliphatic rings. The fourth-order valence-corrected chi connectivity index (χ4v) is 7.59. The largest absolute Gasteiger partial charge is 0.393 e. The van der Waals surface area contributed by atoms with E-state index < -0.39 is 0 Å². The van der Waals surface area contributed by atoms with Gasteiger partial charge < -0.3 is 5.11 Å². The van der Waals surface area contributed by atoms with E-state index in [-0.39, 0.29) is 6.10 Å². The van der Waals surface area contributed by atoms with Gasteiger partial charge in [-0.15, -0.1) is 0 Å². The molecule has 0 amide bonds. The Hall–Kier alpha value is -0.630. The third-order valence-electron chi connectivity index (χ3n) is 8.50. The van der Waals surface area contributed by atoms with E-state index in [0.717, 1.165) is 42.9 Å². The topological polar surface area (TPSA) is 37.3 Å². The Balaban J connectivity index is 1.70. The van der Waals surface area contributed by atoms with Crippen LogP contribution < -0.4 is 0 Å². The molecule has 0 bridgehead atoms. The van der Waals surface area contributed by atoms with E-state index in [1.54, 1.807) is 5.57 Å². The molecule has 7 atom stereocenters. The van der Waals surface area contributed by atoms with Crippen molar-refractivity contribution >= 4 is 5.78 Å². The Labute approximate surface area is 147 Å². The van der Waals surface area contributed by atoms with Gasteiger partial charge in [-0.25, -0.2) is 0 Å². The summed E-state index contributed by atoms with van der Waals surface area (Å²) in [4.78, 5) is 11.9. The maximum absolute atomic E-state index is 11.9. The molecule has 0 heterocycles. The van der Waals surface area contributed by atoms with Gasteiger partial charge in [-0.05, 0) is 80.5 Å². The second kappa shape index (κ2) is 5.97. The number of hydrogen-bond donors (Lipinski definition) is 1. The van der Waals surface area contributed by atoms with Crippen LogP contribution in [0, 0.1) is 35.0 Å². The number of fused-ring (bicyclic) bond motifs is 4. The van der Waals surface area contributed by atoms with Gasteiger partial charge in [0.2, 0.25) is 0 Å². The van der Waals surface area contributed by atoms with Crippen molar-refractivity contribution in [1.82, 2.24) is 0 Å². The predicted molar refractivity (Wildman–Crippen MR) is 96.5 cm³/mol. The zero-order valence-corrected chi connectivity index (χ0v) is 15.7. The SMILES string of the molecule is CC[C@H]1C[C@@]2(C)[C@H](CC[C@@H]2[C@@H](C)O)[C@@H]2CCC3=C(CCC(=O)C3)[C@@H]12. The Bertz CT molecular complexity index is 560. The first-order valence-electron chi connectivity index (χ1n) is 10.4. The highest BCUT2D eigenvalue weighted by atomic mass is 16.3. The molecule has 0 unspecified atom stereocenters. The number of aliphatic hydroxyl groups excluding tert-OH is 1. The highest BCUT2D eigenvalue weighted by molar-refractivity contribution is 5.82. The molecule has 4 aliphatic carbocycles. The van der Waals surface area contributed by atoms with Gasteiger partial charge in [0.15, 0.2) is 0 Å². The molecule has 0 aromatic carbocycles. The van der Waals surface area contributed by atoms with Crippen LogP contribution in [0.1, 0.15) is 78.6 Å². The van der Waals surface area contributed by atoms with Gasteiger partial charge in [-0.2, -0.15) is 0 Å². The second-order valence-electron chi connectivity index (χ2n) is 9.48. The number of allylic oxidation sites excluding steroid dienone is 2. The maximum atomic E-state index is 11.9. The van der Waals surface area contributed by atoms with Crippen molar-refractivity contribution in [3.05, 3.63) is 11.1 Å². The smallest absolute Gasteiger partial charge is 0.137 e. The minimum absolute atomic E-state index is 0.167. The average molecular weight is 331 g/mol. The normalized spacial score (nSPS) is 46.3. The summed E-state index contributed by atoms with van der Waals surface area (Å²) in [5.41, 5.74) is 3.57. The fraction of sp³-hybridized carbons (Fsp3) is 0.864. The van der Waals surface area contributed by atoms with Crippen molar-refractivity contribution in [1.29, 1.82) is 0 Å². The molecule has 0 spiro atoms. The number of rotatable bonds is 2. The molecular formula is C22H34O2. The standard InChI is InChI=1S/C22H34O2/c1-4-14-12-22(3)19(13(2)23)9-10-20(22)18-7-5-15-11-16(24)6-8-17(15)21(14)18/h13-14,18-21,23H,4-12H2,1-3H3/t13-,14+,18+,19-,20-,21-,22-/m1/s1. The van der Waals surface area contributed by atoms with Gasteiger partial charge >= 0.3 is 0 Å². The van der Waals surface area contributed by atoms with E-state index in [2.05, 4.69) is 13.8 Å². The molecule has 0 radical (unpaired) electrons. The van der Waals surface area contributed by atoms with Gasteiger partial charge in [0.1, 0.15) is 5.78 Å². The molecule has 2 fully saturated rings. The van der Waals surface area contributed by atoms with Crippen LogP contribution in [0.5, 0.6) is 0 Å². The van der Waals surface area contributed by atoms with Crippen molar-refractivity contribution in [2.75, 3.05) is 0 Å². The zero-order chi connectivity index (χ0) is 17.1. The molecular weight excluding hydrogens is 296 g/mol. The van der Waals surface area contributed by atoms with Crippen molar-refractivity contribution in [3.63, 3.8) is 0 Å². The van der Waals surface area contributed by atoms with Crippen LogP contribution in [0.2, 0.25) is 0 Å². The van der Waals surface area contributed by atoms with Crippen molar-refractivity contribution in [2.45, 2.75) is 84.7 Å². The Morgan fingerprint density at radius 3 is 2.71 bits per heavy atom. The predicted octanol–water partition coefficient (Wildman–Crippen LogP) is 4.91. The summed E-state index contributed by atoms with van der Waals surface area (Å²) in [5.74, 6) is 4.06. The molecule has 2 heteroatoms. The van der Waals surface area contributed by atoms with Crippen LogP contribution in [0.25, 0.3) is 0 Å². The second-order valence-corrected chi connectivity index (χ2v) is 9.48. The van der Waals surface area contributed by atoms with Crippen LogP contribution in [-0.4, -0.2) is 17.0 Å². The first-order chi connectivity index (χ1) is 11.5. The Kier molecular flexibility index (Phi) is 4.18. The van der Waals surface area contributed by atoms with Gasteiger partial charge in [0.05, 0.1) is 6.10 Å². The minimum atomic E-state index is -0.167. The Morgan fingerprint density at radius 2 is 2.00 bits per heavy atom. The van der Waals surface area contributed by atoms with Crippen LogP contribution in [0.3, 0.4) is 0 Å². The van der Waals surface area contributed by atoms with Crippen molar-refractivity contribution in [3.8, 4) is 0 Å². The summed E-state index contributed by atoms with van der Waals surface area (Å²) in [6, 6.07) is 0. The summed E-state index contributed by atoms with van der Waals surface area (Å²) in [6.07, 6.45) is 9.95. The minimum Gasteiger partial charge on any atom is -0.393 e. The average Bonchev–Trinajstić information content (AvgIpc) is 2.90. The summed E-state index contributed by atoms with van der Waals surface area (Å²) >= 11 is 0. The maximum Gasteiger partial charge on any atom is 0.137 e. The van der Waals surface area contributed by atoms with E-state index in [0.29, 0.717) is 17.1 Å². The number of aliphatic hydroxyl groups is 1. The highest BCUT2D eigenvalue weighted by Crippen LogP contribution is 2.65. The van der Waals surface area contributed by atoms with Gasteiger partial charge in [0, 0.05) is 12.8 Å². The number of carbonyl (C=O) groups excluding carboxylic acids is 1. The van der Waals surface area contributed by atoms with Crippen LogP contribution in [0.4, 0.5) is 0 Å². The van der Waals surface area contributed by atoms with E-state index in [4.69, 9.17) is 0 Å². The molecule has 0 aliphatic heterocycles. The lowest BCUT2D eigenvalue weighted by atomic mass is 9.49. The zero-order valence-electron chi connectivity index (χ0n) is 15.7. The van der Waals surface area contributed by atoms with Crippen LogP contribution >= 0.6 is 0 Å². The van der Waals surface area contributed by atoms with Gasteiger partial charge in [-0.3, -0.25) is 4.79 Å². The van der Waals surface area contributed by atoms with E-state index in [1.165, 1.54) is 44.1 Å². The third-order valence-corrected chi connectivity index (χ3v) is 8.50. The molecule has 0 aromatic rings. The van der Waals surface area contributed by atoms with E-state index in [1.807, 2.05) is 6.92 Å². The highest BCUT2D eigenvalue weighted by Gasteiger charge is 2.58. The fourth-order valence-electron chi connectivity index (χ4n) is 7.59. The van der Waals surface area contributed by atoms with E-state index >= 15 is 0 Å². The molecule has 134 valence electrons. The first kappa shape index (κ1) is 16.8. The number of hydrogen-bond acceptors (Lipinski definition) is 2. The first-order valence-corrected chi connectivity index (χ1v) is 10.4. The molecule has 0 saturated heterocycles. The number of carbonyl (C=O) groups is 1. The molecule has 2 saturated carbocycles. The van der Waals surface area contributed by atoms with Gasteiger partial charge in [-0.1, -0.05) is 31.4 Å².